The molecule has 4 aromatic rings. The Hall–Kier alpha value is -4.33. The molecule has 2 amide bonds. The number of aryl methyl sites for hydroxylation is 1. The van der Waals surface area contributed by atoms with E-state index in [-0.39, 0.29) is 17.2 Å². The minimum Gasteiger partial charge on any atom is -0.497 e. The molecule has 1 saturated heterocycles. The smallest absolute Gasteiger partial charge is 0.272 e. The van der Waals surface area contributed by atoms with E-state index in [2.05, 4.69) is 29.6 Å². The van der Waals surface area contributed by atoms with E-state index in [1.807, 2.05) is 58.1 Å². The minimum absolute atomic E-state index is 0.00642. The molecule has 2 aliphatic heterocycles. The second kappa shape index (κ2) is 13.5. The van der Waals surface area contributed by atoms with Gasteiger partial charge < -0.3 is 19.7 Å². The molecule has 2 aliphatic rings. The van der Waals surface area contributed by atoms with Crippen molar-refractivity contribution in [3.63, 3.8) is 0 Å². The maximum atomic E-state index is 14.2. The first-order valence-electron chi connectivity index (χ1n) is 15.9. The van der Waals surface area contributed by atoms with E-state index >= 15 is 0 Å². The van der Waals surface area contributed by atoms with Crippen LogP contribution in [-0.4, -0.2) is 59.8 Å². The van der Waals surface area contributed by atoms with E-state index in [9.17, 15) is 9.59 Å². The molecule has 6 rings (SSSR count). The molecule has 230 valence electrons. The topological polar surface area (TPSA) is 85.7 Å². The van der Waals surface area contributed by atoms with Gasteiger partial charge in [-0.25, -0.2) is 0 Å². The standard InChI is InChI=1S/C36H42N4O4/c1-43-29-16-17-31-30(24-29)34(40(38-31)25-27-10-3-2-4-11-27)35(42)39-21-19-36(20-22-39)18-8-7-13-28-12-5-6-14-32(28)44-23-9-15-33(41)37-26-36/h2-6,10-12,14,16-17,24H,7-9,13,15,18-23,25-26H2,1H3,(H,37,41). The van der Waals surface area contributed by atoms with E-state index in [1.165, 1.54) is 5.56 Å². The number of benzene rings is 3. The van der Waals surface area contributed by atoms with E-state index in [0.29, 0.717) is 57.1 Å². The molecule has 1 N–H and O–H groups in total. The summed E-state index contributed by atoms with van der Waals surface area (Å²) in [6, 6.07) is 24.1. The van der Waals surface area contributed by atoms with Gasteiger partial charge in [-0.15, -0.1) is 0 Å². The molecule has 0 aliphatic carbocycles. The lowest BCUT2D eigenvalue weighted by atomic mass is 9.74. The van der Waals surface area contributed by atoms with Gasteiger partial charge in [-0.1, -0.05) is 55.0 Å². The van der Waals surface area contributed by atoms with Crippen molar-refractivity contribution in [2.24, 2.45) is 5.41 Å². The van der Waals surface area contributed by atoms with E-state index in [1.54, 1.807) is 7.11 Å². The first kappa shape index (κ1) is 29.7. The van der Waals surface area contributed by atoms with Crippen molar-refractivity contribution in [1.29, 1.82) is 0 Å². The van der Waals surface area contributed by atoms with Crippen molar-refractivity contribution in [3.8, 4) is 11.5 Å². The van der Waals surface area contributed by atoms with Crippen LogP contribution in [0, 0.1) is 5.41 Å². The van der Waals surface area contributed by atoms with Crippen LogP contribution in [0.2, 0.25) is 0 Å². The molecule has 8 nitrogen and oxygen atoms in total. The molecule has 1 spiro atoms. The zero-order valence-corrected chi connectivity index (χ0v) is 25.6. The number of fused-ring (bicyclic) bond motifs is 2. The summed E-state index contributed by atoms with van der Waals surface area (Å²) in [7, 11) is 1.64. The predicted molar refractivity (Wildman–Crippen MR) is 171 cm³/mol. The summed E-state index contributed by atoms with van der Waals surface area (Å²) in [5, 5.41) is 8.88. The third-order valence-corrected chi connectivity index (χ3v) is 9.28. The number of hydrogen-bond donors (Lipinski definition) is 1. The monoisotopic (exact) mass is 594 g/mol. The van der Waals surface area contributed by atoms with E-state index < -0.39 is 0 Å². The summed E-state index contributed by atoms with van der Waals surface area (Å²) < 4.78 is 13.4. The van der Waals surface area contributed by atoms with E-state index in [4.69, 9.17) is 14.6 Å². The van der Waals surface area contributed by atoms with Crippen LogP contribution < -0.4 is 14.8 Å². The summed E-state index contributed by atoms with van der Waals surface area (Å²) in [5.41, 5.74) is 3.67. The molecule has 44 heavy (non-hydrogen) atoms. The van der Waals surface area contributed by atoms with Crippen molar-refractivity contribution in [2.45, 2.75) is 57.9 Å². The summed E-state index contributed by atoms with van der Waals surface area (Å²) in [4.78, 5) is 29.0. The number of methoxy groups -OCH3 is 1. The maximum absolute atomic E-state index is 14.2. The van der Waals surface area contributed by atoms with Crippen LogP contribution in [0.25, 0.3) is 10.9 Å². The van der Waals surface area contributed by atoms with Gasteiger partial charge in [0.15, 0.2) is 0 Å². The zero-order valence-electron chi connectivity index (χ0n) is 25.6. The van der Waals surface area contributed by atoms with Gasteiger partial charge in [-0.05, 0) is 79.3 Å². The molecule has 0 saturated carbocycles. The Morgan fingerprint density at radius 3 is 2.57 bits per heavy atom. The fraction of sp³-hybridized carbons (Fsp3) is 0.417. The van der Waals surface area contributed by atoms with Crippen LogP contribution in [0.4, 0.5) is 0 Å². The summed E-state index contributed by atoms with van der Waals surface area (Å²) in [5.74, 6) is 1.70. The lowest BCUT2D eigenvalue weighted by Crippen LogP contribution is -2.48. The van der Waals surface area contributed by atoms with Crippen molar-refractivity contribution in [1.82, 2.24) is 20.0 Å². The highest BCUT2D eigenvalue weighted by atomic mass is 16.5. The number of piperidine rings is 1. The molecular formula is C36H42N4O4. The summed E-state index contributed by atoms with van der Waals surface area (Å²) >= 11 is 0. The lowest BCUT2D eigenvalue weighted by molar-refractivity contribution is -0.122. The van der Waals surface area contributed by atoms with Gasteiger partial charge >= 0.3 is 0 Å². The summed E-state index contributed by atoms with van der Waals surface area (Å²) in [6.07, 6.45) is 6.96. The van der Waals surface area contributed by atoms with Crippen molar-refractivity contribution < 1.29 is 19.1 Å². The zero-order chi connectivity index (χ0) is 30.4. The number of carbonyl (C=O) groups excluding carboxylic acids is 2. The Balaban J connectivity index is 1.20. The van der Waals surface area contributed by atoms with Crippen LogP contribution >= 0.6 is 0 Å². The highest BCUT2D eigenvalue weighted by molar-refractivity contribution is 6.05. The Labute approximate surface area is 259 Å². The van der Waals surface area contributed by atoms with Crippen molar-refractivity contribution in [2.75, 3.05) is 33.4 Å². The predicted octanol–water partition coefficient (Wildman–Crippen LogP) is 6.02. The molecule has 3 heterocycles. The third-order valence-electron chi connectivity index (χ3n) is 9.28. The highest BCUT2D eigenvalue weighted by Crippen LogP contribution is 2.38. The number of para-hydroxylation sites is 1. The van der Waals surface area contributed by atoms with Gasteiger partial charge in [0.05, 0.1) is 25.8 Å². The number of nitrogens with zero attached hydrogens (tertiary/aromatic N) is 3. The normalized spacial score (nSPS) is 17.8. The molecule has 0 bridgehead atoms. The Bertz CT molecular complexity index is 1590. The number of ether oxygens (including phenoxy) is 2. The average molecular weight is 595 g/mol. The number of rotatable bonds is 4. The number of hydrogen-bond acceptors (Lipinski definition) is 5. The van der Waals surface area contributed by atoms with Gasteiger partial charge in [0.1, 0.15) is 17.2 Å². The largest absolute Gasteiger partial charge is 0.497 e. The number of nitrogens with one attached hydrogen (secondary N) is 1. The van der Waals surface area contributed by atoms with Crippen LogP contribution in [0.1, 0.15) is 66.6 Å². The fourth-order valence-electron chi connectivity index (χ4n) is 6.64. The molecule has 8 heteroatoms. The quantitative estimate of drug-likeness (QED) is 0.313. The maximum Gasteiger partial charge on any atom is 0.272 e. The molecule has 0 atom stereocenters. The van der Waals surface area contributed by atoms with Crippen LogP contribution in [-0.2, 0) is 17.8 Å². The lowest BCUT2D eigenvalue weighted by Gasteiger charge is -2.42. The molecule has 0 unspecified atom stereocenters. The average Bonchev–Trinajstić information content (AvgIpc) is 3.41. The molecular weight excluding hydrogens is 552 g/mol. The van der Waals surface area contributed by atoms with Gasteiger partial charge in [0, 0.05) is 31.4 Å². The fourth-order valence-corrected chi connectivity index (χ4v) is 6.64. The van der Waals surface area contributed by atoms with Gasteiger partial charge in [0.25, 0.3) is 5.91 Å². The second-order valence-corrected chi connectivity index (χ2v) is 12.2. The van der Waals surface area contributed by atoms with Gasteiger partial charge in [-0.2, -0.15) is 5.10 Å². The van der Waals surface area contributed by atoms with Gasteiger partial charge in [-0.3, -0.25) is 14.3 Å². The molecule has 3 aromatic carbocycles. The SMILES string of the molecule is COc1ccc2nn(Cc3ccccc3)c(C(=O)N3CCC4(CCCCc5ccccc5OCCCC(=O)NC4)CC3)c2c1. The van der Waals surface area contributed by atoms with Gasteiger partial charge in [0.2, 0.25) is 5.91 Å². The highest BCUT2D eigenvalue weighted by Gasteiger charge is 2.37. The number of amides is 2. The molecule has 1 fully saturated rings. The number of likely N-dealkylation sites (tertiary alicyclic amines) is 1. The Morgan fingerprint density at radius 1 is 0.955 bits per heavy atom. The van der Waals surface area contributed by atoms with Crippen LogP contribution in [0.3, 0.4) is 0 Å². The van der Waals surface area contributed by atoms with Crippen LogP contribution in [0.15, 0.2) is 72.8 Å². The summed E-state index contributed by atoms with van der Waals surface area (Å²) in [6.45, 7) is 2.99. The number of carbonyl (C=O) groups is 2. The molecule has 0 radical (unpaired) electrons. The first-order chi connectivity index (χ1) is 21.5. The first-order valence-corrected chi connectivity index (χ1v) is 15.9. The third kappa shape index (κ3) is 6.74. The van der Waals surface area contributed by atoms with Crippen LogP contribution in [0.5, 0.6) is 11.5 Å². The van der Waals surface area contributed by atoms with Crippen molar-refractivity contribution >= 4 is 22.7 Å². The molecule has 1 aromatic heterocycles. The van der Waals surface area contributed by atoms with Crippen molar-refractivity contribution in [3.05, 3.63) is 89.6 Å². The Kier molecular flexibility index (Phi) is 9.15. The Morgan fingerprint density at radius 2 is 1.75 bits per heavy atom. The van der Waals surface area contributed by atoms with E-state index in [0.717, 1.165) is 60.7 Å². The number of aromatic nitrogens is 2. The second-order valence-electron chi connectivity index (χ2n) is 12.2. The minimum atomic E-state index is -0.0256.